The zero-order valence-electron chi connectivity index (χ0n) is 7.56. The third-order valence-corrected chi connectivity index (χ3v) is 2.04. The molecule has 72 valence electrons. The molecule has 0 aliphatic carbocycles. The molecule has 0 spiro atoms. The Bertz CT molecular complexity index is 456. The Labute approximate surface area is 80.0 Å². The summed E-state index contributed by atoms with van der Waals surface area (Å²) in [5.74, 6) is -0.932. The van der Waals surface area contributed by atoms with Crippen LogP contribution in [-0.2, 0) is 7.05 Å². The van der Waals surface area contributed by atoms with E-state index in [4.69, 9.17) is 5.11 Å². The quantitative estimate of drug-likeness (QED) is 0.747. The predicted octanol–water partition coefficient (Wildman–Crippen LogP) is 1.11. The highest BCUT2D eigenvalue weighted by Gasteiger charge is 2.11. The van der Waals surface area contributed by atoms with E-state index in [2.05, 4.69) is 10.2 Å². The fraction of sp³-hybridized carbons (Fsp3) is 0.111. The van der Waals surface area contributed by atoms with Crippen LogP contribution >= 0.6 is 0 Å². The van der Waals surface area contributed by atoms with Crippen molar-refractivity contribution in [3.8, 4) is 11.3 Å². The average Bonchev–Trinajstić information content (AvgIpc) is 2.70. The number of hydrogen-bond acceptors (Lipinski definition) is 2. The first-order valence-corrected chi connectivity index (χ1v) is 4.08. The van der Waals surface area contributed by atoms with Crippen molar-refractivity contribution in [3.63, 3.8) is 0 Å². The van der Waals surface area contributed by atoms with Crippen LogP contribution in [0.15, 0.2) is 24.5 Å². The highest BCUT2D eigenvalue weighted by Crippen LogP contribution is 2.18. The maximum absolute atomic E-state index is 10.8. The van der Waals surface area contributed by atoms with Crippen LogP contribution in [0.25, 0.3) is 11.3 Å². The monoisotopic (exact) mass is 191 g/mol. The predicted molar refractivity (Wildman–Crippen MR) is 50.0 cm³/mol. The molecule has 0 fully saturated rings. The van der Waals surface area contributed by atoms with Crippen molar-refractivity contribution in [1.82, 2.24) is 14.8 Å². The second kappa shape index (κ2) is 3.02. The van der Waals surface area contributed by atoms with Gasteiger partial charge in [0, 0.05) is 25.0 Å². The van der Waals surface area contributed by atoms with Crippen molar-refractivity contribution < 1.29 is 9.90 Å². The minimum atomic E-state index is -0.932. The van der Waals surface area contributed by atoms with Crippen LogP contribution in [0.4, 0.5) is 0 Å². The summed E-state index contributed by atoms with van der Waals surface area (Å²) < 4.78 is 1.57. The number of carboxylic acid groups (broad SMARTS) is 1. The van der Waals surface area contributed by atoms with Gasteiger partial charge in [-0.2, -0.15) is 5.10 Å². The zero-order chi connectivity index (χ0) is 10.1. The number of aromatic nitrogens is 3. The van der Waals surface area contributed by atoms with Crippen molar-refractivity contribution in [2.75, 3.05) is 0 Å². The molecular formula is C9H9N3O2. The number of carbonyl (C=O) groups is 1. The molecular weight excluding hydrogens is 182 g/mol. The van der Waals surface area contributed by atoms with Gasteiger partial charge in [-0.15, -0.1) is 0 Å². The summed E-state index contributed by atoms with van der Waals surface area (Å²) in [6, 6.07) is 3.40. The molecule has 2 aromatic heterocycles. The second-order valence-corrected chi connectivity index (χ2v) is 3.00. The van der Waals surface area contributed by atoms with E-state index in [1.165, 1.54) is 0 Å². The Hall–Kier alpha value is -2.04. The molecule has 2 rings (SSSR count). The molecule has 0 bridgehead atoms. The van der Waals surface area contributed by atoms with Crippen molar-refractivity contribution >= 4 is 5.97 Å². The highest BCUT2D eigenvalue weighted by atomic mass is 16.4. The molecule has 0 saturated heterocycles. The maximum atomic E-state index is 10.8. The lowest BCUT2D eigenvalue weighted by Crippen LogP contribution is -2.02. The lowest BCUT2D eigenvalue weighted by atomic mass is 10.2. The molecule has 0 aromatic carbocycles. The Balaban J connectivity index is 2.48. The Morgan fingerprint density at radius 3 is 2.93 bits per heavy atom. The van der Waals surface area contributed by atoms with E-state index in [9.17, 15) is 4.79 Å². The van der Waals surface area contributed by atoms with Crippen LogP contribution in [0, 0.1) is 0 Å². The number of carboxylic acids is 1. The molecule has 2 aromatic rings. The zero-order valence-corrected chi connectivity index (χ0v) is 7.56. The van der Waals surface area contributed by atoms with E-state index in [0.717, 1.165) is 11.3 Å². The van der Waals surface area contributed by atoms with Gasteiger partial charge in [0.1, 0.15) is 5.69 Å². The number of nitrogens with one attached hydrogen (secondary N) is 1. The summed E-state index contributed by atoms with van der Waals surface area (Å²) >= 11 is 0. The maximum Gasteiger partial charge on any atom is 0.352 e. The Kier molecular flexibility index (Phi) is 1.85. The number of H-pyrrole nitrogens is 1. The fourth-order valence-corrected chi connectivity index (χ4v) is 1.34. The minimum absolute atomic E-state index is 0.259. The van der Waals surface area contributed by atoms with Gasteiger partial charge < -0.3 is 9.67 Å². The standard InChI is InChI=1S/C9H9N3O2/c1-12-5-6(4-8(12)9(13)14)7-2-3-10-11-7/h2-5H,1H3,(H,10,11)(H,13,14). The molecule has 0 aliphatic heterocycles. The molecule has 14 heavy (non-hydrogen) atoms. The number of aromatic carboxylic acids is 1. The summed E-state index contributed by atoms with van der Waals surface area (Å²) in [6.45, 7) is 0. The topological polar surface area (TPSA) is 70.9 Å². The van der Waals surface area contributed by atoms with Gasteiger partial charge in [0.15, 0.2) is 0 Å². The molecule has 5 nitrogen and oxygen atoms in total. The second-order valence-electron chi connectivity index (χ2n) is 3.00. The van der Waals surface area contributed by atoms with Gasteiger partial charge in [-0.05, 0) is 12.1 Å². The number of aromatic amines is 1. The lowest BCUT2D eigenvalue weighted by molar-refractivity contribution is 0.0686. The van der Waals surface area contributed by atoms with Crippen LogP contribution in [0.1, 0.15) is 10.5 Å². The van der Waals surface area contributed by atoms with Crippen LogP contribution in [-0.4, -0.2) is 25.8 Å². The van der Waals surface area contributed by atoms with Crippen LogP contribution in [0.2, 0.25) is 0 Å². The van der Waals surface area contributed by atoms with Gasteiger partial charge >= 0.3 is 5.97 Å². The van der Waals surface area contributed by atoms with Gasteiger partial charge in [0.2, 0.25) is 0 Å². The molecule has 0 aliphatic rings. The number of hydrogen-bond donors (Lipinski definition) is 2. The SMILES string of the molecule is Cn1cc(-c2ccn[nH]2)cc1C(=O)O. The van der Waals surface area contributed by atoms with E-state index in [1.54, 1.807) is 36.1 Å². The molecule has 0 radical (unpaired) electrons. The molecule has 0 amide bonds. The van der Waals surface area contributed by atoms with Crippen molar-refractivity contribution in [2.45, 2.75) is 0 Å². The summed E-state index contributed by atoms with van der Waals surface area (Å²) in [6.07, 6.45) is 3.37. The van der Waals surface area contributed by atoms with Crippen molar-refractivity contribution in [1.29, 1.82) is 0 Å². The molecule has 5 heteroatoms. The fourth-order valence-electron chi connectivity index (χ4n) is 1.34. The van der Waals surface area contributed by atoms with E-state index < -0.39 is 5.97 Å². The number of aryl methyl sites for hydroxylation is 1. The summed E-state index contributed by atoms with van der Waals surface area (Å²) in [5.41, 5.74) is 1.89. The molecule has 0 unspecified atom stereocenters. The highest BCUT2D eigenvalue weighted by molar-refractivity contribution is 5.87. The summed E-state index contributed by atoms with van der Waals surface area (Å²) in [4.78, 5) is 10.8. The van der Waals surface area contributed by atoms with E-state index in [1.807, 2.05) is 0 Å². The smallest absolute Gasteiger partial charge is 0.352 e. The van der Waals surface area contributed by atoms with Gasteiger partial charge in [-0.25, -0.2) is 4.79 Å². The van der Waals surface area contributed by atoms with Gasteiger partial charge in [0.25, 0.3) is 0 Å². The van der Waals surface area contributed by atoms with Gasteiger partial charge in [0.05, 0.1) is 5.69 Å². The van der Waals surface area contributed by atoms with Crippen LogP contribution < -0.4 is 0 Å². The average molecular weight is 191 g/mol. The van der Waals surface area contributed by atoms with E-state index in [-0.39, 0.29) is 5.69 Å². The number of rotatable bonds is 2. The summed E-state index contributed by atoms with van der Waals surface area (Å²) in [5, 5.41) is 15.4. The third-order valence-electron chi connectivity index (χ3n) is 2.04. The van der Waals surface area contributed by atoms with E-state index in [0.29, 0.717) is 0 Å². The third kappa shape index (κ3) is 1.28. The van der Waals surface area contributed by atoms with Crippen molar-refractivity contribution in [3.05, 3.63) is 30.2 Å². The Morgan fingerprint density at radius 2 is 2.43 bits per heavy atom. The lowest BCUT2D eigenvalue weighted by Gasteiger charge is -1.93. The largest absolute Gasteiger partial charge is 0.477 e. The van der Waals surface area contributed by atoms with E-state index >= 15 is 0 Å². The molecule has 2 heterocycles. The van der Waals surface area contributed by atoms with Gasteiger partial charge in [-0.3, -0.25) is 5.10 Å². The molecule has 0 atom stereocenters. The minimum Gasteiger partial charge on any atom is -0.477 e. The first kappa shape index (κ1) is 8.55. The molecule has 2 N–H and O–H groups in total. The van der Waals surface area contributed by atoms with Crippen molar-refractivity contribution in [2.24, 2.45) is 7.05 Å². The first-order valence-electron chi connectivity index (χ1n) is 4.08. The summed E-state index contributed by atoms with van der Waals surface area (Å²) in [7, 11) is 1.70. The normalized spacial score (nSPS) is 10.4. The Morgan fingerprint density at radius 1 is 1.64 bits per heavy atom. The molecule has 0 saturated carbocycles. The van der Waals surface area contributed by atoms with Crippen LogP contribution in [0.5, 0.6) is 0 Å². The number of nitrogens with zero attached hydrogens (tertiary/aromatic N) is 2. The van der Waals surface area contributed by atoms with Crippen LogP contribution in [0.3, 0.4) is 0 Å². The first-order chi connectivity index (χ1) is 6.68. The van der Waals surface area contributed by atoms with Gasteiger partial charge in [-0.1, -0.05) is 0 Å².